The van der Waals surface area contributed by atoms with Crippen molar-refractivity contribution < 1.29 is 28.5 Å². The van der Waals surface area contributed by atoms with Gasteiger partial charge < -0.3 is 18.9 Å². The van der Waals surface area contributed by atoms with E-state index in [1.807, 2.05) is 0 Å². The summed E-state index contributed by atoms with van der Waals surface area (Å²) in [5, 5.41) is 0. The van der Waals surface area contributed by atoms with Crippen molar-refractivity contribution in [3.63, 3.8) is 0 Å². The Morgan fingerprint density at radius 2 is 1.55 bits per heavy atom. The highest BCUT2D eigenvalue weighted by molar-refractivity contribution is 5.94. The number of hydrogen-bond donors (Lipinski definition) is 0. The van der Waals surface area contributed by atoms with Gasteiger partial charge in [-0.15, -0.1) is 0 Å². The molecule has 0 amide bonds. The first-order valence-electron chi connectivity index (χ1n) is 7.27. The lowest BCUT2D eigenvalue weighted by Gasteiger charge is -2.14. The van der Waals surface area contributed by atoms with Crippen molar-refractivity contribution in [1.82, 2.24) is 0 Å². The Balaban J connectivity index is 1.76. The zero-order valence-electron chi connectivity index (χ0n) is 11.8. The normalized spacial score (nSPS) is 24.9. The van der Waals surface area contributed by atoms with Crippen molar-refractivity contribution in [2.24, 2.45) is 5.92 Å². The van der Waals surface area contributed by atoms with Gasteiger partial charge in [-0.25, -0.2) is 0 Å². The lowest BCUT2D eigenvalue weighted by atomic mass is 10.0. The van der Waals surface area contributed by atoms with E-state index in [9.17, 15) is 9.59 Å². The zero-order valence-corrected chi connectivity index (χ0v) is 11.8. The maximum Gasteiger partial charge on any atom is 0.320 e. The van der Waals surface area contributed by atoms with Gasteiger partial charge in [0.05, 0.1) is 13.2 Å². The van der Waals surface area contributed by atoms with E-state index in [0.717, 1.165) is 19.3 Å². The number of unbranched alkanes of at least 4 members (excludes halogenated alkanes) is 2. The van der Waals surface area contributed by atoms with Gasteiger partial charge in [0, 0.05) is 0 Å². The van der Waals surface area contributed by atoms with E-state index in [-0.39, 0.29) is 25.4 Å². The van der Waals surface area contributed by atoms with E-state index >= 15 is 0 Å². The molecule has 2 atom stereocenters. The van der Waals surface area contributed by atoms with Crippen LogP contribution in [0.3, 0.4) is 0 Å². The average molecular weight is 286 g/mol. The first kappa shape index (κ1) is 15.3. The predicted molar refractivity (Wildman–Crippen MR) is 69.0 cm³/mol. The summed E-state index contributed by atoms with van der Waals surface area (Å²) in [6.07, 6.45) is 3.31. The number of hydrogen-bond acceptors (Lipinski definition) is 6. The molecule has 0 aromatic carbocycles. The monoisotopic (exact) mass is 286 g/mol. The summed E-state index contributed by atoms with van der Waals surface area (Å²) in [5.41, 5.74) is 0. The van der Waals surface area contributed by atoms with E-state index in [1.54, 1.807) is 0 Å². The Morgan fingerprint density at radius 1 is 1.05 bits per heavy atom. The van der Waals surface area contributed by atoms with Crippen molar-refractivity contribution in [2.75, 3.05) is 26.4 Å². The van der Waals surface area contributed by atoms with Gasteiger partial charge in [0.25, 0.3) is 0 Å². The van der Waals surface area contributed by atoms with Crippen molar-refractivity contribution in [3.8, 4) is 0 Å². The number of rotatable bonds is 10. The maximum atomic E-state index is 12.0. The van der Waals surface area contributed by atoms with E-state index in [2.05, 4.69) is 6.92 Å². The van der Waals surface area contributed by atoms with Crippen LogP contribution in [-0.2, 0) is 28.5 Å². The molecule has 2 aliphatic heterocycles. The standard InChI is InChI=1S/C14H22O6/c1-2-3-4-5-12(13(15)19-8-10-6-17-10)14(16)20-9-11-7-18-11/h10-12H,2-9H2,1H3. The molecule has 6 heteroatoms. The Hall–Kier alpha value is -1.14. The minimum atomic E-state index is -0.820. The molecule has 0 spiro atoms. The molecule has 2 unspecified atom stereocenters. The first-order chi connectivity index (χ1) is 9.70. The zero-order chi connectivity index (χ0) is 14.4. The SMILES string of the molecule is CCCCCC(C(=O)OCC1CO1)C(=O)OCC1CO1. The molecule has 0 saturated carbocycles. The molecule has 2 aliphatic rings. The van der Waals surface area contributed by atoms with Crippen LogP contribution < -0.4 is 0 Å². The molecule has 0 bridgehead atoms. The second kappa shape index (κ2) is 7.59. The summed E-state index contributed by atoms with van der Waals surface area (Å²) in [7, 11) is 0. The average Bonchev–Trinajstić information content (AvgIpc) is 3.32. The minimum absolute atomic E-state index is 0.00567. The smallest absolute Gasteiger partial charge is 0.320 e. The van der Waals surface area contributed by atoms with E-state index in [0.29, 0.717) is 19.6 Å². The van der Waals surface area contributed by atoms with E-state index in [1.165, 1.54) is 0 Å². The van der Waals surface area contributed by atoms with Crippen molar-refractivity contribution in [1.29, 1.82) is 0 Å². The van der Waals surface area contributed by atoms with Gasteiger partial charge in [-0.2, -0.15) is 0 Å². The predicted octanol–water partition coefficient (Wildman–Crippen LogP) is 1.07. The van der Waals surface area contributed by atoms with Crippen LogP contribution in [0, 0.1) is 5.92 Å². The van der Waals surface area contributed by atoms with Crippen LogP contribution in [0.4, 0.5) is 0 Å². The van der Waals surface area contributed by atoms with Crippen molar-refractivity contribution in [3.05, 3.63) is 0 Å². The summed E-state index contributed by atoms with van der Waals surface area (Å²) < 4.78 is 20.2. The summed E-state index contributed by atoms with van der Waals surface area (Å²) >= 11 is 0. The molecular weight excluding hydrogens is 264 g/mol. The molecule has 2 fully saturated rings. The van der Waals surface area contributed by atoms with Crippen LogP contribution in [0.15, 0.2) is 0 Å². The fourth-order valence-electron chi connectivity index (χ4n) is 1.81. The quantitative estimate of drug-likeness (QED) is 0.259. The second-order valence-corrected chi connectivity index (χ2v) is 5.22. The molecule has 0 aliphatic carbocycles. The fraction of sp³-hybridized carbons (Fsp3) is 0.857. The molecule has 0 radical (unpaired) electrons. The fourth-order valence-corrected chi connectivity index (χ4v) is 1.81. The third-order valence-electron chi connectivity index (χ3n) is 3.29. The largest absolute Gasteiger partial charge is 0.462 e. The van der Waals surface area contributed by atoms with Gasteiger partial charge >= 0.3 is 11.9 Å². The van der Waals surface area contributed by atoms with Crippen LogP contribution in [0.5, 0.6) is 0 Å². The van der Waals surface area contributed by atoms with Gasteiger partial charge in [-0.05, 0) is 6.42 Å². The summed E-state index contributed by atoms with van der Waals surface area (Å²) in [6.45, 7) is 3.76. The summed E-state index contributed by atoms with van der Waals surface area (Å²) in [4.78, 5) is 23.9. The molecule has 0 aromatic heterocycles. The molecule has 0 N–H and O–H groups in total. The lowest BCUT2D eigenvalue weighted by Crippen LogP contribution is -2.30. The van der Waals surface area contributed by atoms with Gasteiger partial charge in [-0.3, -0.25) is 9.59 Å². The number of carbonyl (C=O) groups is 2. The minimum Gasteiger partial charge on any atom is -0.462 e. The molecule has 6 nitrogen and oxygen atoms in total. The van der Waals surface area contributed by atoms with Gasteiger partial charge in [-0.1, -0.05) is 26.2 Å². The highest BCUT2D eigenvalue weighted by Crippen LogP contribution is 2.17. The van der Waals surface area contributed by atoms with Crippen molar-refractivity contribution in [2.45, 2.75) is 44.8 Å². The van der Waals surface area contributed by atoms with Crippen LogP contribution in [0.25, 0.3) is 0 Å². The third kappa shape index (κ3) is 5.46. The van der Waals surface area contributed by atoms with E-state index < -0.39 is 17.9 Å². The molecule has 2 heterocycles. The van der Waals surface area contributed by atoms with Crippen LogP contribution in [0.1, 0.15) is 32.6 Å². The molecule has 20 heavy (non-hydrogen) atoms. The van der Waals surface area contributed by atoms with Gasteiger partial charge in [0.15, 0.2) is 5.92 Å². The molecule has 0 aromatic rings. The Kier molecular flexibility index (Phi) is 5.79. The third-order valence-corrected chi connectivity index (χ3v) is 3.29. The van der Waals surface area contributed by atoms with Gasteiger partial charge in [0.2, 0.25) is 0 Å². The number of carbonyl (C=O) groups excluding carboxylic acids is 2. The van der Waals surface area contributed by atoms with E-state index in [4.69, 9.17) is 18.9 Å². The van der Waals surface area contributed by atoms with Crippen LogP contribution >= 0.6 is 0 Å². The van der Waals surface area contributed by atoms with Crippen LogP contribution in [0.2, 0.25) is 0 Å². The number of esters is 2. The summed E-state index contributed by atoms with van der Waals surface area (Å²) in [6, 6.07) is 0. The maximum absolute atomic E-state index is 12.0. The molecule has 2 saturated heterocycles. The molecule has 2 rings (SSSR count). The Morgan fingerprint density at radius 3 is 1.95 bits per heavy atom. The highest BCUT2D eigenvalue weighted by atomic mass is 16.6. The molecular formula is C14H22O6. The van der Waals surface area contributed by atoms with Gasteiger partial charge in [0.1, 0.15) is 25.4 Å². The topological polar surface area (TPSA) is 77.7 Å². The van der Waals surface area contributed by atoms with Crippen LogP contribution in [-0.4, -0.2) is 50.6 Å². The summed E-state index contributed by atoms with van der Waals surface area (Å²) in [5.74, 6) is -1.82. The second-order valence-electron chi connectivity index (χ2n) is 5.22. The number of ether oxygens (including phenoxy) is 4. The Labute approximate surface area is 118 Å². The Bertz CT molecular complexity index is 307. The lowest BCUT2D eigenvalue weighted by molar-refractivity contribution is -0.163. The highest BCUT2D eigenvalue weighted by Gasteiger charge is 2.33. The van der Waals surface area contributed by atoms with Crippen molar-refractivity contribution >= 4 is 11.9 Å². The number of epoxide rings is 2. The first-order valence-corrected chi connectivity index (χ1v) is 7.27. The molecule has 114 valence electrons.